The summed E-state index contributed by atoms with van der Waals surface area (Å²) in [7, 11) is 2.00. The van der Waals surface area contributed by atoms with Gasteiger partial charge in [0.1, 0.15) is 5.76 Å². The van der Waals surface area contributed by atoms with Crippen LogP contribution in [0.2, 0.25) is 0 Å². The summed E-state index contributed by atoms with van der Waals surface area (Å²) in [4.78, 5) is 13.7. The number of likely N-dealkylation sites (N-methyl/N-ethyl adjacent to an activating group) is 1. The van der Waals surface area contributed by atoms with Gasteiger partial charge in [-0.25, -0.2) is 5.84 Å². The van der Waals surface area contributed by atoms with Gasteiger partial charge in [-0.1, -0.05) is 30.3 Å². The lowest BCUT2D eigenvalue weighted by Crippen LogP contribution is -2.31. The number of hydrogen-bond acceptors (Lipinski definition) is 4. The third-order valence-corrected chi connectivity index (χ3v) is 3.16. The number of hydrogen-bond donors (Lipinski definition) is 2. The van der Waals surface area contributed by atoms with Crippen LogP contribution < -0.4 is 11.3 Å². The number of carbonyl (C=O) groups is 1. The van der Waals surface area contributed by atoms with E-state index in [0.29, 0.717) is 17.9 Å². The number of nitrogens with one attached hydrogen (secondary N) is 1. The minimum absolute atomic E-state index is 0.329. The standard InChI is InChI=1S/C15H19N3O2/c1-18(9-7-12-5-3-2-4-6-12)11-14-13(8-10-20-14)15(19)17-16/h2-6,8,10H,7,9,11,16H2,1H3,(H,17,19). The molecule has 0 spiro atoms. The molecule has 106 valence electrons. The largest absolute Gasteiger partial charge is 0.467 e. The van der Waals surface area contributed by atoms with Gasteiger partial charge >= 0.3 is 0 Å². The first-order valence-electron chi connectivity index (χ1n) is 6.50. The van der Waals surface area contributed by atoms with Gasteiger partial charge in [-0.2, -0.15) is 0 Å². The van der Waals surface area contributed by atoms with Crippen LogP contribution >= 0.6 is 0 Å². The van der Waals surface area contributed by atoms with E-state index in [1.54, 1.807) is 6.07 Å². The van der Waals surface area contributed by atoms with Crippen molar-refractivity contribution < 1.29 is 9.21 Å². The van der Waals surface area contributed by atoms with Crippen molar-refractivity contribution in [1.82, 2.24) is 10.3 Å². The second kappa shape index (κ2) is 6.88. The molecule has 1 heterocycles. The molecule has 1 aromatic carbocycles. The van der Waals surface area contributed by atoms with Crippen LogP contribution in [0.1, 0.15) is 21.7 Å². The molecule has 3 N–H and O–H groups in total. The zero-order valence-electron chi connectivity index (χ0n) is 11.5. The van der Waals surface area contributed by atoms with Crippen LogP contribution in [0.15, 0.2) is 47.1 Å². The molecular formula is C15H19N3O2. The van der Waals surface area contributed by atoms with E-state index in [-0.39, 0.29) is 5.91 Å². The van der Waals surface area contributed by atoms with Gasteiger partial charge in [-0.05, 0) is 25.1 Å². The Bertz CT molecular complexity index is 551. The van der Waals surface area contributed by atoms with Crippen molar-refractivity contribution in [3.8, 4) is 0 Å². The van der Waals surface area contributed by atoms with Crippen LogP contribution in [0, 0.1) is 0 Å². The van der Waals surface area contributed by atoms with Gasteiger partial charge in [0.05, 0.1) is 18.4 Å². The van der Waals surface area contributed by atoms with Crippen LogP contribution in [0.4, 0.5) is 0 Å². The van der Waals surface area contributed by atoms with Crippen molar-refractivity contribution in [2.24, 2.45) is 5.84 Å². The molecule has 0 aliphatic heterocycles. The Labute approximate surface area is 118 Å². The summed E-state index contributed by atoms with van der Waals surface area (Å²) in [5.41, 5.74) is 3.90. The van der Waals surface area contributed by atoms with Crippen molar-refractivity contribution in [3.05, 3.63) is 59.5 Å². The molecule has 0 unspecified atom stereocenters. The van der Waals surface area contributed by atoms with Crippen molar-refractivity contribution in [2.45, 2.75) is 13.0 Å². The van der Waals surface area contributed by atoms with Crippen LogP contribution in [0.25, 0.3) is 0 Å². The minimum Gasteiger partial charge on any atom is -0.467 e. The molecule has 0 radical (unpaired) electrons. The zero-order valence-corrected chi connectivity index (χ0v) is 11.5. The second-order valence-electron chi connectivity index (χ2n) is 4.70. The molecule has 0 aliphatic carbocycles. The van der Waals surface area contributed by atoms with E-state index in [2.05, 4.69) is 22.5 Å². The molecule has 5 heteroatoms. The van der Waals surface area contributed by atoms with Crippen molar-refractivity contribution in [1.29, 1.82) is 0 Å². The highest BCUT2D eigenvalue weighted by atomic mass is 16.3. The molecule has 0 saturated heterocycles. The number of carbonyl (C=O) groups excluding carboxylic acids is 1. The van der Waals surface area contributed by atoms with E-state index in [1.807, 2.05) is 25.2 Å². The van der Waals surface area contributed by atoms with Gasteiger partial charge in [0.25, 0.3) is 5.91 Å². The molecule has 2 aromatic rings. The van der Waals surface area contributed by atoms with Gasteiger partial charge in [0, 0.05) is 6.54 Å². The average molecular weight is 273 g/mol. The van der Waals surface area contributed by atoms with Crippen molar-refractivity contribution >= 4 is 5.91 Å². The van der Waals surface area contributed by atoms with Crippen LogP contribution in [-0.4, -0.2) is 24.4 Å². The SMILES string of the molecule is CN(CCc1ccccc1)Cc1occc1C(=O)NN. The van der Waals surface area contributed by atoms with Crippen molar-refractivity contribution in [3.63, 3.8) is 0 Å². The highest BCUT2D eigenvalue weighted by molar-refractivity contribution is 5.94. The Morgan fingerprint density at radius 2 is 2.05 bits per heavy atom. The number of nitrogens with two attached hydrogens (primary N) is 1. The summed E-state index contributed by atoms with van der Waals surface area (Å²) in [5.74, 6) is 5.44. The van der Waals surface area contributed by atoms with E-state index in [0.717, 1.165) is 13.0 Å². The Morgan fingerprint density at radius 3 is 2.75 bits per heavy atom. The lowest BCUT2D eigenvalue weighted by Gasteiger charge is -2.15. The fourth-order valence-electron chi connectivity index (χ4n) is 2.03. The Balaban J connectivity index is 1.90. The van der Waals surface area contributed by atoms with E-state index < -0.39 is 0 Å². The van der Waals surface area contributed by atoms with Crippen molar-refractivity contribution in [2.75, 3.05) is 13.6 Å². The molecule has 0 fully saturated rings. The maximum Gasteiger partial charge on any atom is 0.268 e. The quantitative estimate of drug-likeness (QED) is 0.476. The summed E-state index contributed by atoms with van der Waals surface area (Å²) in [6.07, 6.45) is 2.46. The first-order valence-corrected chi connectivity index (χ1v) is 6.50. The fraction of sp³-hybridized carbons (Fsp3) is 0.267. The zero-order chi connectivity index (χ0) is 14.4. The highest BCUT2D eigenvalue weighted by Crippen LogP contribution is 2.13. The molecular weight excluding hydrogens is 254 g/mol. The molecule has 0 bridgehead atoms. The first-order chi connectivity index (χ1) is 9.70. The van der Waals surface area contributed by atoms with E-state index in [9.17, 15) is 4.79 Å². The maximum atomic E-state index is 11.5. The van der Waals surface area contributed by atoms with Gasteiger partial charge < -0.3 is 4.42 Å². The Kier molecular flexibility index (Phi) is 4.92. The summed E-state index contributed by atoms with van der Waals surface area (Å²) >= 11 is 0. The molecule has 5 nitrogen and oxygen atoms in total. The van der Waals surface area contributed by atoms with E-state index in [4.69, 9.17) is 10.3 Å². The topological polar surface area (TPSA) is 71.5 Å². The molecule has 2 rings (SSSR count). The number of rotatable bonds is 6. The van der Waals surface area contributed by atoms with E-state index in [1.165, 1.54) is 11.8 Å². The summed E-state index contributed by atoms with van der Waals surface area (Å²) < 4.78 is 5.35. The average Bonchev–Trinajstić information content (AvgIpc) is 2.93. The Hall–Kier alpha value is -2.11. The Morgan fingerprint density at radius 1 is 1.30 bits per heavy atom. The summed E-state index contributed by atoms with van der Waals surface area (Å²) in [6, 6.07) is 11.9. The number of furan rings is 1. The van der Waals surface area contributed by atoms with Gasteiger partial charge in [0.2, 0.25) is 0 Å². The highest BCUT2D eigenvalue weighted by Gasteiger charge is 2.14. The predicted octanol–water partition coefficient (Wildman–Crippen LogP) is 1.56. The molecule has 1 amide bonds. The third kappa shape index (κ3) is 3.69. The second-order valence-corrected chi connectivity index (χ2v) is 4.70. The number of nitrogens with zero attached hydrogens (tertiary/aromatic N) is 1. The summed E-state index contributed by atoms with van der Waals surface area (Å²) in [5, 5.41) is 0. The van der Waals surface area contributed by atoms with Gasteiger partial charge in [-0.3, -0.25) is 15.1 Å². The fourth-order valence-corrected chi connectivity index (χ4v) is 2.03. The lowest BCUT2D eigenvalue weighted by molar-refractivity contribution is 0.0950. The summed E-state index contributed by atoms with van der Waals surface area (Å²) in [6.45, 7) is 1.46. The third-order valence-electron chi connectivity index (χ3n) is 3.16. The molecule has 0 aliphatic rings. The monoisotopic (exact) mass is 273 g/mol. The molecule has 20 heavy (non-hydrogen) atoms. The normalized spacial score (nSPS) is 10.8. The lowest BCUT2D eigenvalue weighted by atomic mass is 10.1. The molecule has 1 aromatic heterocycles. The number of benzene rings is 1. The molecule has 0 atom stereocenters. The molecule has 0 saturated carbocycles. The van der Waals surface area contributed by atoms with Gasteiger partial charge in [-0.15, -0.1) is 0 Å². The number of amides is 1. The maximum absolute atomic E-state index is 11.5. The minimum atomic E-state index is -0.329. The van der Waals surface area contributed by atoms with Crippen LogP contribution in [-0.2, 0) is 13.0 Å². The van der Waals surface area contributed by atoms with Crippen LogP contribution in [0.3, 0.4) is 0 Å². The first kappa shape index (κ1) is 14.3. The number of hydrazine groups is 1. The smallest absolute Gasteiger partial charge is 0.268 e. The predicted molar refractivity (Wildman–Crippen MR) is 76.8 cm³/mol. The van der Waals surface area contributed by atoms with Crippen LogP contribution in [0.5, 0.6) is 0 Å². The van der Waals surface area contributed by atoms with E-state index >= 15 is 0 Å². The van der Waals surface area contributed by atoms with Gasteiger partial charge in [0.15, 0.2) is 0 Å². The number of nitrogen functional groups attached to an aromatic ring is 1.